The Labute approximate surface area is 77.3 Å². The van der Waals surface area contributed by atoms with Crippen molar-refractivity contribution in [2.75, 3.05) is 0 Å². The van der Waals surface area contributed by atoms with E-state index in [0.717, 1.165) is 0 Å². The quantitative estimate of drug-likeness (QED) is 0.252. The first-order chi connectivity index (χ1) is 4.00. The van der Waals surface area contributed by atoms with Crippen LogP contribution in [0.4, 0.5) is 0 Å². The van der Waals surface area contributed by atoms with E-state index in [9.17, 15) is 0 Å². The van der Waals surface area contributed by atoms with Gasteiger partial charge in [0.1, 0.15) is 0 Å². The van der Waals surface area contributed by atoms with Crippen molar-refractivity contribution in [2.45, 2.75) is 0 Å². The Morgan fingerprint density at radius 3 is 0.833 bits per heavy atom. The Bertz CT molecular complexity index is 125. The molecule has 0 atom stereocenters. The summed E-state index contributed by atoms with van der Waals surface area (Å²) in [4.78, 5) is 45.8. The van der Waals surface area contributed by atoms with Crippen molar-refractivity contribution in [1.82, 2.24) is 0 Å². The molecular formula is H6MnO9P2. The minimum Gasteiger partial charge on any atom is -0.756 e. The van der Waals surface area contributed by atoms with E-state index < -0.39 is 15.6 Å². The first kappa shape index (κ1) is 23.0. The minimum absolute atomic E-state index is 0. The topological polar surface area (TPSA) is 193 Å². The summed E-state index contributed by atoms with van der Waals surface area (Å²) < 4.78 is 17.5. The van der Waals surface area contributed by atoms with Crippen LogP contribution < -0.4 is 9.79 Å². The van der Waals surface area contributed by atoms with E-state index in [-0.39, 0.29) is 22.5 Å². The molecule has 0 fully saturated rings. The van der Waals surface area contributed by atoms with E-state index in [4.69, 9.17) is 38.5 Å². The van der Waals surface area contributed by atoms with E-state index >= 15 is 0 Å². The molecule has 0 spiro atoms. The summed E-state index contributed by atoms with van der Waals surface area (Å²) in [5.41, 5.74) is 0. The molecule has 0 unspecified atom stereocenters. The van der Waals surface area contributed by atoms with Crippen LogP contribution in [0.5, 0.6) is 0 Å². The molecular weight excluding hydrogens is 261 g/mol. The first-order valence-electron chi connectivity index (χ1n) is 1.53. The molecule has 0 aliphatic carbocycles. The zero-order valence-electron chi connectivity index (χ0n) is 5.19. The van der Waals surface area contributed by atoms with Gasteiger partial charge in [0.25, 0.3) is 15.6 Å². The van der Waals surface area contributed by atoms with E-state index in [1.54, 1.807) is 0 Å². The summed E-state index contributed by atoms with van der Waals surface area (Å²) in [6.07, 6.45) is 0. The van der Waals surface area contributed by atoms with Gasteiger partial charge in [-0.3, -0.25) is 9.13 Å². The zero-order valence-corrected chi connectivity index (χ0v) is 8.16. The number of hydrogen-bond acceptors (Lipinski definition) is 4. The van der Waals surface area contributed by atoms with Gasteiger partial charge >= 0.3 is 17.1 Å². The van der Waals surface area contributed by atoms with E-state index in [1.165, 1.54) is 0 Å². The summed E-state index contributed by atoms with van der Waals surface area (Å²) >= 11 is 0. The molecule has 12 heteroatoms. The maximum absolute atomic E-state index is 8.77. The molecule has 0 saturated carbocycles. The van der Waals surface area contributed by atoms with Crippen LogP contribution >= 0.6 is 15.6 Å². The van der Waals surface area contributed by atoms with Crippen molar-refractivity contribution < 1.29 is 61.0 Å². The van der Waals surface area contributed by atoms with Gasteiger partial charge in [-0.15, -0.1) is 0 Å². The summed E-state index contributed by atoms with van der Waals surface area (Å²) in [6.45, 7) is 0. The summed E-state index contributed by atoms with van der Waals surface area (Å²) in [5.74, 6) is 0. The van der Waals surface area contributed by atoms with Gasteiger partial charge in [0.2, 0.25) is 0 Å². The summed E-state index contributed by atoms with van der Waals surface area (Å²) in [5, 5.41) is 0. The molecule has 0 aliphatic rings. The average molecular weight is 267 g/mol. The smallest absolute Gasteiger partial charge is 0.756 e. The summed E-state index contributed by atoms with van der Waals surface area (Å²) in [6, 6.07) is 0. The van der Waals surface area contributed by atoms with Crippen LogP contribution in [-0.4, -0.2) is 25.0 Å². The van der Waals surface area contributed by atoms with Crippen LogP contribution in [0.2, 0.25) is 0 Å². The van der Waals surface area contributed by atoms with Crippen molar-refractivity contribution in [2.24, 2.45) is 0 Å². The van der Waals surface area contributed by atoms with Gasteiger partial charge in [0, 0.05) is 0 Å². The second-order valence-electron chi connectivity index (χ2n) is 0.981. The molecule has 0 amide bonds. The molecule has 0 saturated heterocycles. The van der Waals surface area contributed by atoms with E-state index in [0.29, 0.717) is 0 Å². The van der Waals surface area contributed by atoms with Crippen LogP contribution in [0.15, 0.2) is 0 Å². The van der Waals surface area contributed by atoms with Gasteiger partial charge in [0.05, 0.1) is 0 Å². The van der Waals surface area contributed by atoms with Crippen LogP contribution in [0, 0.1) is 0 Å². The monoisotopic (exact) mass is 267 g/mol. The fourth-order valence-corrected chi connectivity index (χ4v) is 0. The third-order valence-corrected chi connectivity index (χ3v) is 0. The standard InChI is InChI=1S/Mn.2H3O4P.H2O/c;2*1-5(2,3)4;/h;2*(H3,1,2,3,4);1H2/q+2;;;/p-2. The maximum Gasteiger partial charge on any atom is 2.00 e. The molecule has 1 radical (unpaired) electrons. The molecule has 0 heterocycles. The molecule has 12 heavy (non-hydrogen) atoms. The molecule has 0 bridgehead atoms. The predicted molar refractivity (Wildman–Crippen MR) is 27.7 cm³/mol. The average Bonchev–Trinajstić information content (AvgIpc) is 1.12. The third-order valence-electron chi connectivity index (χ3n) is 0. The van der Waals surface area contributed by atoms with E-state index in [1.807, 2.05) is 0 Å². The van der Waals surface area contributed by atoms with Gasteiger partial charge in [-0.05, 0) is 0 Å². The van der Waals surface area contributed by atoms with E-state index in [2.05, 4.69) is 0 Å². The van der Waals surface area contributed by atoms with Crippen molar-refractivity contribution >= 4 is 15.6 Å². The Morgan fingerprint density at radius 1 is 0.833 bits per heavy atom. The second-order valence-corrected chi connectivity index (χ2v) is 2.94. The molecule has 77 valence electrons. The number of hydrogen-bond donors (Lipinski definition) is 4. The molecule has 6 N–H and O–H groups in total. The maximum atomic E-state index is 8.77. The largest absolute Gasteiger partial charge is 2.00 e. The number of phosphoric acid groups is 2. The Balaban J connectivity index is -0.0000000457. The molecule has 0 aromatic carbocycles. The molecule has 0 rings (SSSR count). The SMILES string of the molecule is O.O=P([O-])(O)O.O=P([O-])(O)O.[Mn+2]. The fraction of sp³-hybridized carbons (Fsp3) is 0. The minimum atomic E-state index is -4.89. The predicted octanol–water partition coefficient (Wildman–Crippen LogP) is -3.95. The zero-order chi connectivity index (χ0) is 9.00. The van der Waals surface area contributed by atoms with Gasteiger partial charge in [0.15, 0.2) is 0 Å². The number of rotatable bonds is 0. The van der Waals surface area contributed by atoms with Gasteiger partial charge in [-0.2, -0.15) is 0 Å². The molecule has 9 nitrogen and oxygen atoms in total. The first-order valence-corrected chi connectivity index (χ1v) is 4.59. The summed E-state index contributed by atoms with van der Waals surface area (Å²) in [7, 11) is -9.78. The molecule has 0 aromatic rings. The van der Waals surface area contributed by atoms with Gasteiger partial charge in [-0.1, -0.05) is 0 Å². The van der Waals surface area contributed by atoms with Crippen molar-refractivity contribution in [3.05, 3.63) is 0 Å². The molecule has 0 aromatic heterocycles. The van der Waals surface area contributed by atoms with Crippen molar-refractivity contribution in [3.8, 4) is 0 Å². The Morgan fingerprint density at radius 2 is 0.833 bits per heavy atom. The fourth-order valence-electron chi connectivity index (χ4n) is 0. The van der Waals surface area contributed by atoms with Crippen LogP contribution in [0.3, 0.4) is 0 Å². The third kappa shape index (κ3) is 2060. The van der Waals surface area contributed by atoms with Gasteiger partial charge < -0.3 is 34.8 Å². The normalized spacial score (nSPS) is 9.83. The van der Waals surface area contributed by atoms with Crippen molar-refractivity contribution in [1.29, 1.82) is 0 Å². The Hall–Kier alpha value is 0.699. The second kappa shape index (κ2) is 8.30. The van der Waals surface area contributed by atoms with Crippen LogP contribution in [-0.2, 0) is 26.2 Å². The van der Waals surface area contributed by atoms with Crippen LogP contribution in [0.1, 0.15) is 0 Å². The molecule has 0 aliphatic heterocycles. The van der Waals surface area contributed by atoms with Gasteiger partial charge in [-0.25, -0.2) is 0 Å². The van der Waals surface area contributed by atoms with Crippen LogP contribution in [0.25, 0.3) is 0 Å². The van der Waals surface area contributed by atoms with Crippen molar-refractivity contribution in [3.63, 3.8) is 0 Å². The Kier molecular flexibility index (Phi) is 15.9.